The van der Waals surface area contributed by atoms with Crippen LogP contribution in [0.1, 0.15) is 35.7 Å². The van der Waals surface area contributed by atoms with Crippen LogP contribution in [0.15, 0.2) is 18.2 Å². The molecule has 106 valence electrons. The highest BCUT2D eigenvalue weighted by Gasteiger charge is 2.21. The van der Waals surface area contributed by atoms with Gasteiger partial charge in [-0.05, 0) is 50.5 Å². The van der Waals surface area contributed by atoms with Crippen LogP contribution in [0, 0.1) is 6.92 Å². The van der Waals surface area contributed by atoms with Gasteiger partial charge in [-0.1, -0.05) is 0 Å². The van der Waals surface area contributed by atoms with E-state index in [0.717, 1.165) is 0 Å². The summed E-state index contributed by atoms with van der Waals surface area (Å²) in [5.41, 5.74) is 0.103. The van der Waals surface area contributed by atoms with Crippen LogP contribution in [0.25, 0.3) is 0 Å². The summed E-state index contributed by atoms with van der Waals surface area (Å²) in [6.45, 7) is 3.48. The lowest BCUT2D eigenvalue weighted by molar-refractivity contribution is 0.0415. The van der Waals surface area contributed by atoms with Crippen molar-refractivity contribution in [2.45, 2.75) is 32.3 Å². The lowest BCUT2D eigenvalue weighted by Gasteiger charge is -2.23. The molecular weight excluding hydrogens is 246 g/mol. The summed E-state index contributed by atoms with van der Waals surface area (Å²) in [6.07, 6.45) is 0.902. The SMILES string of the molecule is Cc1cc(O)ccc1C(=O)NCC(C)(O)CCCO. The molecule has 1 atom stereocenters. The first kappa shape index (κ1) is 15.5. The summed E-state index contributed by atoms with van der Waals surface area (Å²) < 4.78 is 0. The van der Waals surface area contributed by atoms with Gasteiger partial charge in [0.15, 0.2) is 0 Å². The van der Waals surface area contributed by atoms with E-state index in [1.807, 2.05) is 0 Å². The molecule has 0 saturated heterocycles. The minimum absolute atomic E-state index is 0.0150. The number of aliphatic hydroxyl groups excluding tert-OH is 1. The van der Waals surface area contributed by atoms with Crippen molar-refractivity contribution in [3.8, 4) is 5.75 Å². The maximum Gasteiger partial charge on any atom is 0.251 e. The van der Waals surface area contributed by atoms with Gasteiger partial charge in [0, 0.05) is 18.7 Å². The van der Waals surface area contributed by atoms with Crippen LogP contribution in [0.5, 0.6) is 5.75 Å². The Balaban J connectivity index is 2.60. The number of carbonyl (C=O) groups excluding carboxylic acids is 1. The highest BCUT2D eigenvalue weighted by Crippen LogP contribution is 2.16. The summed E-state index contributed by atoms with van der Waals surface area (Å²) in [5.74, 6) is -0.175. The summed E-state index contributed by atoms with van der Waals surface area (Å²) in [6, 6.07) is 4.51. The normalized spacial score (nSPS) is 13.9. The number of carbonyl (C=O) groups is 1. The molecule has 1 unspecified atom stereocenters. The van der Waals surface area contributed by atoms with Crippen molar-refractivity contribution in [3.05, 3.63) is 29.3 Å². The molecule has 1 amide bonds. The smallest absolute Gasteiger partial charge is 0.251 e. The highest BCUT2D eigenvalue weighted by atomic mass is 16.3. The molecule has 0 aliphatic heterocycles. The lowest BCUT2D eigenvalue weighted by Crippen LogP contribution is -2.40. The first-order valence-corrected chi connectivity index (χ1v) is 6.27. The molecule has 19 heavy (non-hydrogen) atoms. The van der Waals surface area contributed by atoms with E-state index in [0.29, 0.717) is 24.0 Å². The average Bonchev–Trinajstić information content (AvgIpc) is 2.34. The monoisotopic (exact) mass is 267 g/mol. The Morgan fingerprint density at radius 1 is 1.42 bits per heavy atom. The maximum absolute atomic E-state index is 11.9. The van der Waals surface area contributed by atoms with E-state index < -0.39 is 5.60 Å². The van der Waals surface area contributed by atoms with Crippen molar-refractivity contribution in [2.75, 3.05) is 13.2 Å². The summed E-state index contributed by atoms with van der Waals surface area (Å²) in [4.78, 5) is 11.9. The van der Waals surface area contributed by atoms with Crippen LogP contribution < -0.4 is 5.32 Å². The number of phenols is 1. The van der Waals surface area contributed by atoms with Crippen molar-refractivity contribution in [1.82, 2.24) is 5.32 Å². The van der Waals surface area contributed by atoms with Crippen LogP contribution in [-0.2, 0) is 0 Å². The van der Waals surface area contributed by atoms with Gasteiger partial charge in [0.25, 0.3) is 5.91 Å². The van der Waals surface area contributed by atoms with Gasteiger partial charge in [0.05, 0.1) is 5.60 Å². The molecule has 1 rings (SSSR count). The van der Waals surface area contributed by atoms with Gasteiger partial charge >= 0.3 is 0 Å². The third kappa shape index (κ3) is 4.89. The van der Waals surface area contributed by atoms with Crippen molar-refractivity contribution in [3.63, 3.8) is 0 Å². The predicted octanol–water partition coefficient (Wildman–Crippen LogP) is 0.954. The number of rotatable bonds is 6. The number of hydrogen-bond donors (Lipinski definition) is 4. The summed E-state index contributed by atoms with van der Waals surface area (Å²) in [5, 5.41) is 30.7. The van der Waals surface area contributed by atoms with Crippen molar-refractivity contribution < 1.29 is 20.1 Å². The van der Waals surface area contributed by atoms with E-state index in [-0.39, 0.29) is 24.8 Å². The number of hydrogen-bond acceptors (Lipinski definition) is 4. The number of amides is 1. The second-order valence-electron chi connectivity index (χ2n) is 5.01. The lowest BCUT2D eigenvalue weighted by atomic mass is 10.00. The van der Waals surface area contributed by atoms with Crippen LogP contribution in [-0.4, -0.2) is 40.0 Å². The Morgan fingerprint density at radius 3 is 2.68 bits per heavy atom. The second-order valence-corrected chi connectivity index (χ2v) is 5.01. The van der Waals surface area contributed by atoms with Crippen LogP contribution >= 0.6 is 0 Å². The molecule has 4 N–H and O–H groups in total. The molecule has 0 aliphatic rings. The number of phenolic OH excluding ortho intramolecular Hbond substituents is 1. The van der Waals surface area contributed by atoms with Crippen molar-refractivity contribution >= 4 is 5.91 Å². The topological polar surface area (TPSA) is 89.8 Å². The number of aromatic hydroxyl groups is 1. The van der Waals surface area contributed by atoms with E-state index >= 15 is 0 Å². The Hall–Kier alpha value is -1.59. The predicted molar refractivity (Wildman–Crippen MR) is 72.1 cm³/mol. The molecule has 0 aliphatic carbocycles. The minimum atomic E-state index is -1.04. The maximum atomic E-state index is 11.9. The van der Waals surface area contributed by atoms with Crippen LogP contribution in [0.2, 0.25) is 0 Å². The molecule has 0 aromatic heterocycles. The second kappa shape index (κ2) is 6.54. The molecule has 0 saturated carbocycles. The highest BCUT2D eigenvalue weighted by molar-refractivity contribution is 5.95. The van der Waals surface area contributed by atoms with Gasteiger partial charge in [-0.25, -0.2) is 0 Å². The Kier molecular flexibility index (Phi) is 5.32. The largest absolute Gasteiger partial charge is 0.508 e. The quantitative estimate of drug-likeness (QED) is 0.618. The van der Waals surface area contributed by atoms with E-state index in [4.69, 9.17) is 5.11 Å². The van der Waals surface area contributed by atoms with E-state index in [2.05, 4.69) is 5.32 Å². The molecule has 0 radical (unpaired) electrons. The Morgan fingerprint density at radius 2 is 2.11 bits per heavy atom. The fourth-order valence-electron chi connectivity index (χ4n) is 1.82. The van der Waals surface area contributed by atoms with Crippen LogP contribution in [0.3, 0.4) is 0 Å². The standard InChI is InChI=1S/C14H21NO4/c1-10-8-11(17)4-5-12(10)13(18)15-9-14(2,19)6-3-7-16/h4-5,8,16-17,19H,3,6-7,9H2,1-2H3,(H,15,18). The molecule has 5 nitrogen and oxygen atoms in total. The molecule has 0 bridgehead atoms. The van der Waals surface area contributed by atoms with E-state index in [1.54, 1.807) is 19.9 Å². The number of aliphatic hydroxyl groups is 2. The fraction of sp³-hybridized carbons (Fsp3) is 0.500. The minimum Gasteiger partial charge on any atom is -0.508 e. The molecule has 0 spiro atoms. The van der Waals surface area contributed by atoms with Crippen molar-refractivity contribution in [1.29, 1.82) is 0 Å². The van der Waals surface area contributed by atoms with E-state index in [9.17, 15) is 15.0 Å². The zero-order valence-electron chi connectivity index (χ0n) is 11.3. The summed E-state index contributed by atoms with van der Waals surface area (Å²) >= 11 is 0. The first-order valence-electron chi connectivity index (χ1n) is 6.27. The number of nitrogens with one attached hydrogen (secondary N) is 1. The molecule has 1 aromatic carbocycles. The molecule has 5 heteroatoms. The van der Waals surface area contributed by atoms with Gasteiger partial charge in [0.2, 0.25) is 0 Å². The number of benzene rings is 1. The van der Waals surface area contributed by atoms with Gasteiger partial charge in [0.1, 0.15) is 5.75 Å². The van der Waals surface area contributed by atoms with Crippen molar-refractivity contribution in [2.24, 2.45) is 0 Å². The van der Waals surface area contributed by atoms with Gasteiger partial charge in [-0.15, -0.1) is 0 Å². The molecular formula is C14H21NO4. The molecule has 0 heterocycles. The first-order chi connectivity index (χ1) is 8.85. The third-order valence-electron chi connectivity index (χ3n) is 2.96. The van der Waals surface area contributed by atoms with Crippen LogP contribution in [0.4, 0.5) is 0 Å². The zero-order valence-corrected chi connectivity index (χ0v) is 11.3. The van der Waals surface area contributed by atoms with E-state index in [1.165, 1.54) is 12.1 Å². The molecule has 1 aromatic rings. The number of aryl methyl sites for hydroxylation is 1. The van der Waals surface area contributed by atoms with Gasteiger partial charge in [-0.2, -0.15) is 0 Å². The van der Waals surface area contributed by atoms with Gasteiger partial charge in [-0.3, -0.25) is 4.79 Å². The Bertz CT molecular complexity index is 443. The zero-order chi connectivity index (χ0) is 14.5. The average molecular weight is 267 g/mol. The van der Waals surface area contributed by atoms with Gasteiger partial charge < -0.3 is 20.6 Å². The third-order valence-corrected chi connectivity index (χ3v) is 2.96. The molecule has 0 fully saturated rings. The fourth-order valence-corrected chi connectivity index (χ4v) is 1.82. The summed E-state index contributed by atoms with van der Waals surface area (Å²) in [7, 11) is 0. The Labute approximate surface area is 112 Å².